The lowest BCUT2D eigenvalue weighted by molar-refractivity contribution is -0.0311. The largest absolute Gasteiger partial charge is 0.424 e. The van der Waals surface area contributed by atoms with Crippen LogP contribution in [0.1, 0.15) is 29.7 Å². The molecule has 0 atom stereocenters. The van der Waals surface area contributed by atoms with Crippen LogP contribution in [0.4, 0.5) is 0 Å². The van der Waals surface area contributed by atoms with Crippen molar-refractivity contribution >= 4 is 0 Å². The van der Waals surface area contributed by atoms with E-state index in [1.54, 1.807) is 18.5 Å². The van der Waals surface area contributed by atoms with Gasteiger partial charge in [-0.1, -0.05) is 18.2 Å². The Morgan fingerprint density at radius 1 is 1.00 bits per heavy atom. The fourth-order valence-electron chi connectivity index (χ4n) is 3.44. The van der Waals surface area contributed by atoms with Gasteiger partial charge in [0.1, 0.15) is 11.4 Å². The molecule has 1 saturated heterocycles. The number of pyridine rings is 1. The van der Waals surface area contributed by atoms with Crippen molar-refractivity contribution in [3.63, 3.8) is 0 Å². The van der Waals surface area contributed by atoms with Crippen LogP contribution in [-0.2, 0) is 12.1 Å². The Bertz CT molecular complexity index is 890. The highest BCUT2D eigenvalue weighted by atomic mass is 16.5. The molecule has 2 aromatic heterocycles. The maximum Gasteiger partial charge on any atom is 0.321 e. The van der Waals surface area contributed by atoms with Crippen LogP contribution in [0.2, 0.25) is 0 Å². The average Bonchev–Trinajstić information content (AvgIpc) is 2.72. The molecular formula is C22H24N4O2. The van der Waals surface area contributed by atoms with Gasteiger partial charge in [0.15, 0.2) is 0 Å². The Balaban J connectivity index is 1.32. The van der Waals surface area contributed by atoms with E-state index in [1.165, 1.54) is 5.56 Å². The number of nitrogens with zero attached hydrogens (tertiary/aromatic N) is 4. The third-order valence-electron chi connectivity index (χ3n) is 5.15. The summed E-state index contributed by atoms with van der Waals surface area (Å²) in [5.41, 5.74) is 2.27. The predicted molar refractivity (Wildman–Crippen MR) is 106 cm³/mol. The molecule has 0 saturated carbocycles. The first kappa shape index (κ1) is 18.5. The van der Waals surface area contributed by atoms with Crippen LogP contribution in [0, 0.1) is 6.92 Å². The Labute approximate surface area is 164 Å². The number of hydrogen-bond donors (Lipinski definition) is 1. The van der Waals surface area contributed by atoms with Gasteiger partial charge in [0.25, 0.3) is 0 Å². The summed E-state index contributed by atoms with van der Waals surface area (Å²) in [5.74, 6) is 0.716. The lowest BCUT2D eigenvalue weighted by atomic mass is 9.87. The van der Waals surface area contributed by atoms with Crippen LogP contribution in [0.25, 0.3) is 0 Å². The summed E-state index contributed by atoms with van der Waals surface area (Å²) in [6.07, 6.45) is 6.51. The molecule has 0 bridgehead atoms. The lowest BCUT2D eigenvalue weighted by Gasteiger charge is -2.37. The second-order valence-electron chi connectivity index (χ2n) is 7.31. The summed E-state index contributed by atoms with van der Waals surface area (Å²) in [6, 6.07) is 14.0. The number of likely N-dealkylation sites (tertiary alicyclic amines) is 1. The van der Waals surface area contributed by atoms with Gasteiger partial charge in [-0.3, -0.25) is 9.88 Å². The molecule has 1 aliphatic heterocycles. The van der Waals surface area contributed by atoms with Crippen LogP contribution in [-0.4, -0.2) is 38.0 Å². The molecule has 3 aromatic rings. The fraction of sp³-hybridized carbons (Fsp3) is 0.318. The van der Waals surface area contributed by atoms with Crippen molar-refractivity contribution in [3.8, 4) is 11.8 Å². The molecule has 28 heavy (non-hydrogen) atoms. The minimum absolute atomic E-state index is 0.343. The number of piperidine rings is 1. The minimum Gasteiger partial charge on any atom is -0.424 e. The van der Waals surface area contributed by atoms with Crippen molar-refractivity contribution in [2.45, 2.75) is 31.9 Å². The molecular weight excluding hydrogens is 352 g/mol. The molecule has 0 aliphatic carbocycles. The molecule has 0 spiro atoms. The minimum atomic E-state index is -0.822. The normalized spacial score (nSPS) is 16.6. The molecule has 3 heterocycles. The first-order chi connectivity index (χ1) is 13.6. The van der Waals surface area contributed by atoms with Crippen molar-refractivity contribution in [2.75, 3.05) is 13.1 Å². The highest BCUT2D eigenvalue weighted by Gasteiger charge is 2.35. The van der Waals surface area contributed by atoms with E-state index in [0.29, 0.717) is 24.6 Å². The Kier molecular flexibility index (Phi) is 5.32. The van der Waals surface area contributed by atoms with Crippen LogP contribution in [0.5, 0.6) is 11.8 Å². The van der Waals surface area contributed by atoms with Crippen molar-refractivity contribution in [3.05, 3.63) is 77.9 Å². The maximum atomic E-state index is 11.0. The second-order valence-corrected chi connectivity index (χ2v) is 7.31. The number of aromatic nitrogens is 3. The van der Waals surface area contributed by atoms with E-state index in [1.807, 2.05) is 37.4 Å². The number of aliphatic hydroxyl groups is 1. The molecule has 1 aliphatic rings. The van der Waals surface area contributed by atoms with Crippen molar-refractivity contribution < 1.29 is 9.84 Å². The van der Waals surface area contributed by atoms with E-state index < -0.39 is 5.60 Å². The third kappa shape index (κ3) is 4.35. The summed E-state index contributed by atoms with van der Waals surface area (Å²) < 4.78 is 5.63. The molecule has 0 unspecified atom stereocenters. The van der Waals surface area contributed by atoms with Gasteiger partial charge in [-0.15, -0.1) is 0 Å². The van der Waals surface area contributed by atoms with Gasteiger partial charge in [0.2, 0.25) is 0 Å². The number of hydrogen-bond acceptors (Lipinski definition) is 6. The highest BCUT2D eigenvalue weighted by Crippen LogP contribution is 2.32. The predicted octanol–water partition coefficient (Wildman–Crippen LogP) is 3.46. The number of aryl methyl sites for hydroxylation is 1. The summed E-state index contributed by atoms with van der Waals surface area (Å²) in [6.45, 7) is 4.52. The fourth-order valence-corrected chi connectivity index (χ4v) is 3.44. The molecule has 144 valence electrons. The van der Waals surface area contributed by atoms with E-state index in [9.17, 15) is 5.11 Å². The van der Waals surface area contributed by atoms with Gasteiger partial charge in [0.05, 0.1) is 5.69 Å². The smallest absolute Gasteiger partial charge is 0.321 e. The Morgan fingerprint density at radius 3 is 2.36 bits per heavy atom. The van der Waals surface area contributed by atoms with Gasteiger partial charge < -0.3 is 9.84 Å². The molecule has 1 aromatic carbocycles. The van der Waals surface area contributed by atoms with Crippen molar-refractivity contribution in [1.29, 1.82) is 0 Å². The SMILES string of the molecule is Cc1ccc(C2(O)CCN(Cc3ccc(Oc4ncccn4)cc3)CC2)nc1. The number of ether oxygens (including phenoxy) is 1. The van der Waals surface area contributed by atoms with Gasteiger partial charge in [0, 0.05) is 38.2 Å². The zero-order valence-corrected chi connectivity index (χ0v) is 16.0. The summed E-state index contributed by atoms with van der Waals surface area (Å²) >= 11 is 0. The second kappa shape index (κ2) is 8.04. The average molecular weight is 376 g/mol. The summed E-state index contributed by atoms with van der Waals surface area (Å²) in [5, 5.41) is 11.0. The number of rotatable bonds is 5. The lowest BCUT2D eigenvalue weighted by Crippen LogP contribution is -2.42. The van der Waals surface area contributed by atoms with E-state index in [-0.39, 0.29) is 0 Å². The molecule has 0 amide bonds. The zero-order chi connectivity index (χ0) is 19.4. The monoisotopic (exact) mass is 376 g/mol. The van der Waals surface area contributed by atoms with Crippen LogP contribution in [0.3, 0.4) is 0 Å². The van der Waals surface area contributed by atoms with Gasteiger partial charge in [-0.25, -0.2) is 9.97 Å². The topological polar surface area (TPSA) is 71.4 Å². The van der Waals surface area contributed by atoms with E-state index in [4.69, 9.17) is 4.74 Å². The van der Waals surface area contributed by atoms with E-state index in [0.717, 1.165) is 30.9 Å². The van der Waals surface area contributed by atoms with Crippen molar-refractivity contribution in [2.24, 2.45) is 0 Å². The molecule has 6 nitrogen and oxygen atoms in total. The van der Waals surface area contributed by atoms with Gasteiger partial charge >= 0.3 is 6.01 Å². The highest BCUT2D eigenvalue weighted by molar-refractivity contribution is 5.29. The van der Waals surface area contributed by atoms with E-state index in [2.05, 4.69) is 32.0 Å². The Hall–Kier alpha value is -2.83. The molecule has 4 rings (SSSR count). The van der Waals surface area contributed by atoms with Crippen molar-refractivity contribution in [1.82, 2.24) is 19.9 Å². The van der Waals surface area contributed by atoms with Crippen LogP contribution < -0.4 is 4.74 Å². The first-order valence-corrected chi connectivity index (χ1v) is 9.52. The van der Waals surface area contributed by atoms with Gasteiger partial charge in [-0.05, 0) is 55.2 Å². The van der Waals surface area contributed by atoms with Crippen LogP contribution >= 0.6 is 0 Å². The van der Waals surface area contributed by atoms with Gasteiger partial charge in [-0.2, -0.15) is 0 Å². The number of benzene rings is 1. The standard InChI is InChI=1S/C22H24N4O2/c1-17-3-8-20(25-15-17)22(27)9-13-26(14-10-22)16-18-4-6-19(7-5-18)28-21-23-11-2-12-24-21/h2-8,11-12,15,27H,9-10,13-14,16H2,1H3. The summed E-state index contributed by atoms with van der Waals surface area (Å²) in [4.78, 5) is 14.9. The van der Waals surface area contributed by atoms with E-state index >= 15 is 0 Å². The molecule has 1 N–H and O–H groups in total. The third-order valence-corrected chi connectivity index (χ3v) is 5.15. The summed E-state index contributed by atoms with van der Waals surface area (Å²) in [7, 11) is 0. The molecule has 0 radical (unpaired) electrons. The maximum absolute atomic E-state index is 11.0. The first-order valence-electron chi connectivity index (χ1n) is 9.52. The quantitative estimate of drug-likeness (QED) is 0.735. The molecule has 6 heteroatoms. The molecule has 1 fully saturated rings. The van der Waals surface area contributed by atoms with Crippen LogP contribution in [0.15, 0.2) is 61.1 Å². The Morgan fingerprint density at radius 2 is 1.71 bits per heavy atom. The zero-order valence-electron chi connectivity index (χ0n) is 16.0.